The summed E-state index contributed by atoms with van der Waals surface area (Å²) in [6, 6.07) is 2.40. The Morgan fingerprint density at radius 1 is 1.62 bits per heavy atom. The molecule has 1 aromatic rings. The van der Waals surface area contributed by atoms with Crippen LogP contribution in [0.2, 0.25) is 5.02 Å². The van der Waals surface area contributed by atoms with Gasteiger partial charge in [-0.15, -0.1) is 0 Å². The topological polar surface area (TPSA) is 29.1 Å². The first-order valence-corrected chi connectivity index (χ1v) is 6.63. The molecule has 0 aliphatic heterocycles. The summed E-state index contributed by atoms with van der Waals surface area (Å²) in [5.41, 5.74) is 0.381. The predicted molar refractivity (Wildman–Crippen MR) is 70.7 cm³/mol. The number of alkyl halides is 1. The van der Waals surface area contributed by atoms with Gasteiger partial charge in [0.15, 0.2) is 0 Å². The Labute approximate surface area is 115 Å². The van der Waals surface area contributed by atoms with Crippen molar-refractivity contribution in [3.8, 4) is 0 Å². The van der Waals surface area contributed by atoms with Gasteiger partial charge in [-0.25, -0.2) is 4.39 Å². The first-order chi connectivity index (χ1) is 7.45. The fourth-order valence-corrected chi connectivity index (χ4v) is 2.06. The number of carbonyl (C=O) groups is 1. The lowest BCUT2D eigenvalue weighted by atomic mass is 10.2. The third-order valence-corrected chi connectivity index (χ3v) is 3.88. The van der Waals surface area contributed by atoms with Crippen LogP contribution in [0.15, 0.2) is 16.6 Å². The van der Waals surface area contributed by atoms with Crippen LogP contribution in [-0.4, -0.2) is 10.7 Å². The fraction of sp³-hybridized carbons (Fsp3) is 0.300. The molecule has 1 rings (SSSR count). The van der Waals surface area contributed by atoms with Crippen LogP contribution in [-0.2, 0) is 4.79 Å². The second kappa shape index (κ2) is 5.98. The number of amides is 1. The molecule has 88 valence electrons. The minimum absolute atomic E-state index is 0.163. The van der Waals surface area contributed by atoms with E-state index in [4.69, 9.17) is 11.6 Å². The van der Waals surface area contributed by atoms with Gasteiger partial charge >= 0.3 is 0 Å². The van der Waals surface area contributed by atoms with Crippen molar-refractivity contribution in [2.45, 2.75) is 18.2 Å². The van der Waals surface area contributed by atoms with E-state index in [2.05, 4.69) is 37.2 Å². The van der Waals surface area contributed by atoms with Crippen LogP contribution in [0, 0.1) is 5.82 Å². The average Bonchev–Trinajstić information content (AvgIpc) is 2.21. The van der Waals surface area contributed by atoms with Gasteiger partial charge in [0.1, 0.15) is 5.82 Å². The smallest absolute Gasteiger partial charge is 0.238 e. The van der Waals surface area contributed by atoms with Crippen LogP contribution in [0.5, 0.6) is 0 Å². The first kappa shape index (κ1) is 13.9. The lowest BCUT2D eigenvalue weighted by molar-refractivity contribution is -0.115. The number of rotatable bonds is 3. The molecule has 0 aliphatic carbocycles. The highest BCUT2D eigenvalue weighted by Gasteiger charge is 2.16. The molecular weight excluding hydrogens is 364 g/mol. The highest BCUT2D eigenvalue weighted by molar-refractivity contribution is 9.10. The van der Waals surface area contributed by atoms with Crippen molar-refractivity contribution < 1.29 is 9.18 Å². The molecule has 0 heterocycles. The normalized spacial score (nSPS) is 12.3. The summed E-state index contributed by atoms with van der Waals surface area (Å²) in [6.07, 6.45) is 0.655. The Kier molecular flexibility index (Phi) is 5.21. The van der Waals surface area contributed by atoms with Crippen molar-refractivity contribution in [3.05, 3.63) is 27.4 Å². The molecule has 2 nitrogen and oxygen atoms in total. The fourth-order valence-electron chi connectivity index (χ4n) is 1.05. The molecule has 0 fully saturated rings. The molecule has 1 amide bonds. The monoisotopic (exact) mass is 371 g/mol. The molecule has 0 spiro atoms. The zero-order valence-corrected chi connectivity index (χ0v) is 12.3. The maximum atomic E-state index is 12.9. The summed E-state index contributed by atoms with van der Waals surface area (Å²) in [6.45, 7) is 1.88. The van der Waals surface area contributed by atoms with E-state index >= 15 is 0 Å². The van der Waals surface area contributed by atoms with E-state index in [1.807, 2.05) is 6.92 Å². The van der Waals surface area contributed by atoms with E-state index in [-0.39, 0.29) is 15.8 Å². The molecular formula is C10H9Br2ClFNO. The Morgan fingerprint density at radius 2 is 2.25 bits per heavy atom. The SMILES string of the molecule is CCC(Br)C(=O)Nc1c(Cl)cc(F)cc1Br. The second-order valence-electron chi connectivity index (χ2n) is 3.11. The van der Waals surface area contributed by atoms with Gasteiger partial charge in [0, 0.05) is 4.47 Å². The van der Waals surface area contributed by atoms with Crippen molar-refractivity contribution in [3.63, 3.8) is 0 Å². The van der Waals surface area contributed by atoms with Crippen LogP contribution in [0.25, 0.3) is 0 Å². The van der Waals surface area contributed by atoms with Crippen LogP contribution in [0.4, 0.5) is 10.1 Å². The molecule has 0 aliphatic rings. The van der Waals surface area contributed by atoms with Gasteiger partial charge in [0.2, 0.25) is 5.91 Å². The molecule has 0 saturated heterocycles. The number of halogens is 4. The van der Waals surface area contributed by atoms with Crippen LogP contribution >= 0.6 is 43.5 Å². The maximum Gasteiger partial charge on any atom is 0.238 e. The van der Waals surface area contributed by atoms with Crippen LogP contribution in [0.1, 0.15) is 13.3 Å². The molecule has 1 atom stereocenters. The molecule has 0 bridgehead atoms. The zero-order chi connectivity index (χ0) is 12.3. The molecule has 0 saturated carbocycles. The van der Waals surface area contributed by atoms with Gasteiger partial charge < -0.3 is 5.32 Å². The van der Waals surface area contributed by atoms with Gasteiger partial charge in [-0.2, -0.15) is 0 Å². The standard InChI is InChI=1S/C10H9Br2ClFNO/c1-2-6(11)10(16)15-9-7(12)3-5(14)4-8(9)13/h3-4,6H,2H2,1H3,(H,15,16). The Bertz CT molecular complexity index is 391. The second-order valence-corrected chi connectivity index (χ2v) is 5.48. The summed E-state index contributed by atoms with van der Waals surface area (Å²) >= 11 is 12.2. The van der Waals surface area contributed by atoms with E-state index < -0.39 is 5.82 Å². The molecule has 0 radical (unpaired) electrons. The van der Waals surface area contributed by atoms with Crippen molar-refractivity contribution >= 4 is 55.1 Å². The minimum Gasteiger partial charge on any atom is -0.323 e. The summed E-state index contributed by atoms with van der Waals surface area (Å²) in [7, 11) is 0. The Hall–Kier alpha value is -0.130. The van der Waals surface area contributed by atoms with E-state index in [0.29, 0.717) is 16.6 Å². The quantitative estimate of drug-likeness (QED) is 0.784. The number of hydrogen-bond acceptors (Lipinski definition) is 1. The zero-order valence-electron chi connectivity index (χ0n) is 8.36. The molecule has 16 heavy (non-hydrogen) atoms. The van der Waals surface area contributed by atoms with Gasteiger partial charge in [-0.05, 0) is 34.5 Å². The number of anilines is 1. The Balaban J connectivity index is 2.93. The van der Waals surface area contributed by atoms with Gasteiger partial charge in [-0.1, -0.05) is 34.5 Å². The molecule has 0 aromatic heterocycles. The summed E-state index contributed by atoms with van der Waals surface area (Å²) in [5.74, 6) is -0.669. The van der Waals surface area contributed by atoms with E-state index in [1.165, 1.54) is 6.07 Å². The molecule has 1 unspecified atom stereocenters. The minimum atomic E-state index is -0.458. The van der Waals surface area contributed by atoms with E-state index in [9.17, 15) is 9.18 Å². The lowest BCUT2D eigenvalue weighted by Crippen LogP contribution is -2.22. The maximum absolute atomic E-state index is 12.9. The number of nitrogens with one attached hydrogen (secondary N) is 1. The van der Waals surface area contributed by atoms with Crippen molar-refractivity contribution in [2.75, 3.05) is 5.32 Å². The van der Waals surface area contributed by atoms with Crippen LogP contribution < -0.4 is 5.32 Å². The first-order valence-electron chi connectivity index (χ1n) is 4.55. The molecule has 6 heteroatoms. The molecule has 1 aromatic carbocycles. The number of carbonyl (C=O) groups excluding carboxylic acids is 1. The number of hydrogen-bond donors (Lipinski definition) is 1. The van der Waals surface area contributed by atoms with E-state index in [1.54, 1.807) is 0 Å². The summed E-state index contributed by atoms with van der Waals surface area (Å²) in [4.78, 5) is 11.3. The number of benzene rings is 1. The van der Waals surface area contributed by atoms with Crippen molar-refractivity contribution in [1.29, 1.82) is 0 Å². The van der Waals surface area contributed by atoms with E-state index in [0.717, 1.165) is 6.07 Å². The van der Waals surface area contributed by atoms with Gasteiger partial charge in [-0.3, -0.25) is 4.79 Å². The lowest BCUT2D eigenvalue weighted by Gasteiger charge is -2.12. The highest BCUT2D eigenvalue weighted by Crippen LogP contribution is 2.32. The van der Waals surface area contributed by atoms with Crippen molar-refractivity contribution in [1.82, 2.24) is 0 Å². The van der Waals surface area contributed by atoms with Crippen LogP contribution in [0.3, 0.4) is 0 Å². The van der Waals surface area contributed by atoms with Crippen molar-refractivity contribution in [2.24, 2.45) is 0 Å². The summed E-state index contributed by atoms with van der Waals surface area (Å²) in [5, 5.41) is 2.79. The summed E-state index contributed by atoms with van der Waals surface area (Å²) < 4.78 is 13.4. The predicted octanol–water partition coefficient (Wildman–Crippen LogP) is 4.35. The highest BCUT2D eigenvalue weighted by atomic mass is 79.9. The largest absolute Gasteiger partial charge is 0.323 e. The van der Waals surface area contributed by atoms with Gasteiger partial charge in [0.05, 0.1) is 15.5 Å². The third kappa shape index (κ3) is 3.43. The van der Waals surface area contributed by atoms with Gasteiger partial charge in [0.25, 0.3) is 0 Å². The average molecular weight is 373 g/mol. The third-order valence-electron chi connectivity index (χ3n) is 1.90. The molecule has 1 N–H and O–H groups in total. The Morgan fingerprint density at radius 3 is 2.75 bits per heavy atom.